The molecule has 1 aliphatic carbocycles. The molecular formula is C36H40ClK3N2O12S4. The molecule has 0 saturated carbocycles. The Hall–Kier alpha value is 1.71. The van der Waals surface area contributed by atoms with E-state index in [-0.39, 0.29) is 180 Å². The molecule has 0 atom stereocenters. The van der Waals surface area contributed by atoms with Crippen molar-refractivity contribution in [1.29, 1.82) is 0 Å². The van der Waals surface area contributed by atoms with Crippen LogP contribution in [0.5, 0.6) is 0 Å². The van der Waals surface area contributed by atoms with E-state index in [0.717, 1.165) is 11.1 Å². The fourth-order valence-electron chi connectivity index (χ4n) is 7.47. The summed E-state index contributed by atoms with van der Waals surface area (Å²) in [6.07, 6.45) is 9.13. The number of halogens is 1. The van der Waals surface area contributed by atoms with Gasteiger partial charge in [-0.2, -0.15) is 4.58 Å². The number of nitrogens with zero attached hydrogens (tertiary/aromatic N) is 2. The van der Waals surface area contributed by atoms with Crippen molar-refractivity contribution in [3.05, 3.63) is 93.7 Å². The molecule has 0 N–H and O–H groups in total. The van der Waals surface area contributed by atoms with Gasteiger partial charge < -0.3 is 23.1 Å². The predicted molar refractivity (Wildman–Crippen MR) is 202 cm³/mol. The molecule has 0 bridgehead atoms. The third kappa shape index (κ3) is 13.4. The maximum absolute atomic E-state index is 11.9. The minimum absolute atomic E-state index is 0. The largest absolute Gasteiger partial charge is 1.00 e. The molecule has 300 valence electrons. The number of hydrogen-bond acceptors (Lipinski definition) is 13. The third-order valence-corrected chi connectivity index (χ3v) is 13.9. The van der Waals surface area contributed by atoms with Crippen LogP contribution in [0.1, 0.15) is 70.9 Å². The van der Waals surface area contributed by atoms with E-state index >= 15 is 0 Å². The van der Waals surface area contributed by atoms with Gasteiger partial charge in [0.05, 0.1) is 35.4 Å². The van der Waals surface area contributed by atoms with E-state index in [2.05, 4.69) is 0 Å². The summed E-state index contributed by atoms with van der Waals surface area (Å²) in [5.74, 6) is -1.22. The van der Waals surface area contributed by atoms with Gasteiger partial charge in [-0.05, 0) is 92.6 Å². The van der Waals surface area contributed by atoms with Crippen LogP contribution in [0.15, 0.2) is 92.4 Å². The topological polar surface area (TPSA) is 235 Å². The van der Waals surface area contributed by atoms with Gasteiger partial charge >= 0.3 is 154 Å². The number of fused-ring (bicyclic) bond motifs is 2. The van der Waals surface area contributed by atoms with Crippen molar-refractivity contribution >= 4 is 69.2 Å². The molecule has 0 fully saturated rings. The van der Waals surface area contributed by atoms with E-state index < -0.39 is 72.6 Å². The monoisotopic (exact) mass is 972 g/mol. The molecule has 2 heterocycles. The van der Waals surface area contributed by atoms with Gasteiger partial charge in [-0.1, -0.05) is 37.6 Å². The first-order valence-corrected chi connectivity index (χ1v) is 23.6. The molecule has 14 nitrogen and oxygen atoms in total. The standard InChI is InChI=1S/C36H43ClN2O12S4.3K/c1-35(2)28-22-26(54(46,47)48)12-14-30(28)38(18-6-20-52(40,41)42)32(35)16-10-24-8-5-9-25(34(24)37)11-17-33-36(3,4)29-23-27(55(49,50)51)13-15-31(29)39(33)19-7-21-53(43,44)45;;;/h10-17,22-23H,5-9,18-21H2,1-4H3,(H3-,40,41,42,43,44,45,46,47,48,49,50,51);;;/q;3*+1/p-3. The van der Waals surface area contributed by atoms with Gasteiger partial charge in [0.15, 0.2) is 5.71 Å². The van der Waals surface area contributed by atoms with Crippen LogP contribution in [0.2, 0.25) is 0 Å². The van der Waals surface area contributed by atoms with Crippen molar-refractivity contribution in [3.63, 3.8) is 0 Å². The molecule has 2 aromatic rings. The normalized spacial score (nSPS) is 19.2. The van der Waals surface area contributed by atoms with Gasteiger partial charge in [0.1, 0.15) is 26.8 Å². The molecule has 2 aliphatic heterocycles. The fourth-order valence-corrected chi connectivity index (χ4v) is 9.74. The third-order valence-electron chi connectivity index (χ3n) is 10.2. The Morgan fingerprint density at radius 1 is 0.724 bits per heavy atom. The van der Waals surface area contributed by atoms with Crippen LogP contribution < -0.4 is 159 Å². The minimum atomic E-state index is -4.77. The van der Waals surface area contributed by atoms with Crippen molar-refractivity contribution in [2.24, 2.45) is 0 Å². The molecule has 0 saturated heterocycles. The number of rotatable bonds is 13. The molecule has 22 heteroatoms. The summed E-state index contributed by atoms with van der Waals surface area (Å²) in [6, 6.07) is 7.97. The molecule has 0 amide bonds. The summed E-state index contributed by atoms with van der Waals surface area (Å²) in [5, 5.41) is 0.453. The Labute approximate surface area is 474 Å². The fraction of sp³-hybridized carbons (Fsp3) is 0.417. The number of hydrogen-bond donors (Lipinski definition) is 0. The molecule has 0 spiro atoms. The Balaban J connectivity index is 0.00000387. The van der Waals surface area contributed by atoms with Crippen LogP contribution in [0.25, 0.3) is 0 Å². The second-order valence-electron chi connectivity index (χ2n) is 14.7. The first-order valence-electron chi connectivity index (χ1n) is 17.2. The van der Waals surface area contributed by atoms with Crippen molar-refractivity contribution < 1.29 is 211 Å². The second-order valence-corrected chi connectivity index (χ2v) is 20.9. The summed E-state index contributed by atoms with van der Waals surface area (Å²) >= 11 is 7.01. The van der Waals surface area contributed by atoms with Crippen LogP contribution in [-0.4, -0.2) is 86.8 Å². The van der Waals surface area contributed by atoms with Gasteiger partial charge in [-0.15, -0.1) is 0 Å². The van der Waals surface area contributed by atoms with E-state index in [9.17, 15) is 51.9 Å². The van der Waals surface area contributed by atoms with Crippen LogP contribution in [-0.2, 0) is 51.3 Å². The Kier molecular flexibility index (Phi) is 20.5. The van der Waals surface area contributed by atoms with E-state index in [1.54, 1.807) is 21.6 Å². The SMILES string of the molecule is CC1(C)C(/C=C/C2=C(Cl)C(=C/C=C3\N(CCCS(=O)(=O)[O-])c4ccc(S(=O)(=O)[O-])cc4C3(C)C)/CCC2)=[N+](CCCS(=O)(=O)[O-])c2ccc(S(=O)(=O)[O-])cc21.[K+].[K+].[K+]. The zero-order valence-corrected chi connectivity index (χ0v) is 46.8. The molecule has 3 aliphatic rings. The predicted octanol–water partition coefficient (Wildman–Crippen LogP) is -4.41. The van der Waals surface area contributed by atoms with Crippen molar-refractivity contribution in [1.82, 2.24) is 0 Å². The van der Waals surface area contributed by atoms with Gasteiger partial charge in [-0.25, -0.2) is 33.7 Å². The second kappa shape index (κ2) is 21.3. The zero-order chi connectivity index (χ0) is 40.9. The zero-order valence-electron chi connectivity index (χ0n) is 33.4. The smallest absolute Gasteiger partial charge is 0.748 e. The summed E-state index contributed by atoms with van der Waals surface area (Å²) in [6.45, 7) is 7.57. The molecule has 0 unspecified atom stereocenters. The molecular weight excluding hydrogens is 933 g/mol. The number of benzene rings is 2. The van der Waals surface area contributed by atoms with Crippen molar-refractivity contribution in [2.75, 3.05) is 29.5 Å². The van der Waals surface area contributed by atoms with Gasteiger partial charge in [-0.3, -0.25) is 0 Å². The van der Waals surface area contributed by atoms with Gasteiger partial charge in [0, 0.05) is 64.0 Å². The van der Waals surface area contributed by atoms with Crippen LogP contribution in [0.3, 0.4) is 0 Å². The Bertz CT molecular complexity index is 2550. The average Bonchev–Trinajstić information content (AvgIpc) is 3.39. The first kappa shape index (κ1) is 55.8. The summed E-state index contributed by atoms with van der Waals surface area (Å²) in [7, 11) is -18.6. The van der Waals surface area contributed by atoms with Crippen LogP contribution >= 0.6 is 11.6 Å². The summed E-state index contributed by atoms with van der Waals surface area (Å²) in [5.41, 5.74) is 3.32. The van der Waals surface area contributed by atoms with E-state index in [0.29, 0.717) is 58.2 Å². The van der Waals surface area contributed by atoms with Gasteiger partial charge in [0.25, 0.3) is 0 Å². The van der Waals surface area contributed by atoms with Gasteiger partial charge in [0.2, 0.25) is 5.69 Å². The van der Waals surface area contributed by atoms with Crippen LogP contribution in [0.4, 0.5) is 11.4 Å². The quantitative estimate of drug-likeness (QED) is 0.105. The molecule has 2 aromatic carbocycles. The maximum atomic E-state index is 11.9. The first-order chi connectivity index (χ1) is 25.2. The van der Waals surface area contributed by atoms with Crippen LogP contribution in [0, 0.1) is 0 Å². The Morgan fingerprint density at radius 2 is 1.28 bits per heavy atom. The number of allylic oxidation sites excluding steroid dienone is 8. The molecule has 58 heavy (non-hydrogen) atoms. The minimum Gasteiger partial charge on any atom is -0.748 e. The maximum Gasteiger partial charge on any atom is 1.00 e. The molecule has 0 aromatic heterocycles. The van der Waals surface area contributed by atoms with Crippen molar-refractivity contribution in [2.45, 2.75) is 80.4 Å². The van der Waals surface area contributed by atoms with E-state index in [1.807, 2.05) is 39.8 Å². The number of anilines is 1. The average molecular weight is 974 g/mol. The molecule has 5 rings (SSSR count). The van der Waals surface area contributed by atoms with Crippen molar-refractivity contribution in [3.8, 4) is 0 Å². The summed E-state index contributed by atoms with van der Waals surface area (Å²) < 4.78 is 141. The summed E-state index contributed by atoms with van der Waals surface area (Å²) in [4.78, 5) is 0.978. The van der Waals surface area contributed by atoms with E-state index in [4.69, 9.17) is 11.6 Å². The molecule has 0 radical (unpaired) electrons. The Morgan fingerprint density at radius 3 is 1.84 bits per heavy atom. The van der Waals surface area contributed by atoms with E-state index in [1.165, 1.54) is 36.4 Å².